The molecule has 0 fully saturated rings. The Morgan fingerprint density at radius 1 is 1.33 bits per heavy atom. The molecule has 1 heterocycles. The fourth-order valence-electron chi connectivity index (χ4n) is 0.578. The van der Waals surface area contributed by atoms with Gasteiger partial charge in [-0.3, -0.25) is 5.41 Å². The third kappa shape index (κ3) is 2.78. The van der Waals surface area contributed by atoms with E-state index in [1.54, 1.807) is 18.3 Å². The Morgan fingerprint density at radius 3 is 2.92 bits per heavy atom. The number of azo groups is 1. The molecule has 1 rings (SSSR count). The van der Waals surface area contributed by atoms with Gasteiger partial charge in [-0.05, 0) is 12.1 Å². The van der Waals surface area contributed by atoms with Crippen molar-refractivity contribution in [1.29, 1.82) is 5.41 Å². The average Bonchev–Trinajstić information content (AvgIpc) is 2.14. The van der Waals surface area contributed by atoms with Gasteiger partial charge in [-0.25, -0.2) is 9.98 Å². The highest BCUT2D eigenvalue weighted by Crippen LogP contribution is 2.02. The van der Waals surface area contributed by atoms with Gasteiger partial charge in [-0.1, -0.05) is 6.07 Å². The summed E-state index contributed by atoms with van der Waals surface area (Å²) >= 11 is 0. The van der Waals surface area contributed by atoms with E-state index in [4.69, 9.17) is 5.41 Å². The van der Waals surface area contributed by atoms with Crippen LogP contribution in [0.3, 0.4) is 0 Å². The third-order valence-corrected chi connectivity index (χ3v) is 1.02. The van der Waals surface area contributed by atoms with Gasteiger partial charge in [0.15, 0.2) is 5.82 Å². The summed E-state index contributed by atoms with van der Waals surface area (Å²) in [6.45, 7) is 0. The third-order valence-electron chi connectivity index (χ3n) is 1.02. The number of nitrogens with zero attached hydrogens (tertiary/aromatic N) is 4. The molecule has 0 unspecified atom stereocenters. The van der Waals surface area contributed by atoms with E-state index in [0.29, 0.717) is 5.82 Å². The Bertz CT molecular complexity index is 290. The predicted octanol–water partition coefficient (Wildman–Crippen LogP) is 1.80. The monoisotopic (exact) mass is 161 g/mol. The van der Waals surface area contributed by atoms with Crippen LogP contribution in [0, 0.1) is 5.41 Å². The maximum Gasteiger partial charge on any atom is 0.153 e. The van der Waals surface area contributed by atoms with Crippen LogP contribution in [0.4, 0.5) is 5.82 Å². The van der Waals surface area contributed by atoms with Gasteiger partial charge in [0, 0.05) is 6.20 Å². The molecular formula is C7H7N5. The van der Waals surface area contributed by atoms with Crippen LogP contribution >= 0.6 is 0 Å². The summed E-state index contributed by atoms with van der Waals surface area (Å²) in [6.07, 6.45) is 3.72. The SMILES string of the molecule is N=CN=N/C=N/c1ccccn1. The summed E-state index contributed by atoms with van der Waals surface area (Å²) in [4.78, 5) is 7.76. The lowest BCUT2D eigenvalue weighted by molar-refractivity contribution is 1.26. The van der Waals surface area contributed by atoms with E-state index in [2.05, 4.69) is 20.2 Å². The molecule has 12 heavy (non-hydrogen) atoms. The zero-order valence-electron chi connectivity index (χ0n) is 6.25. The predicted molar refractivity (Wildman–Crippen MR) is 46.0 cm³/mol. The molecule has 1 N–H and O–H groups in total. The molecule has 0 aliphatic carbocycles. The second-order valence-corrected chi connectivity index (χ2v) is 1.79. The number of aliphatic imine (C=N–C) groups is 1. The Balaban J connectivity index is 2.58. The first kappa shape index (κ1) is 8.19. The fraction of sp³-hybridized carbons (Fsp3) is 0. The molecule has 60 valence electrons. The van der Waals surface area contributed by atoms with E-state index in [0.717, 1.165) is 6.34 Å². The van der Waals surface area contributed by atoms with Crippen LogP contribution in [0.5, 0.6) is 0 Å². The van der Waals surface area contributed by atoms with E-state index in [1.165, 1.54) is 6.34 Å². The van der Waals surface area contributed by atoms with Gasteiger partial charge < -0.3 is 0 Å². The molecule has 0 bridgehead atoms. The minimum Gasteiger partial charge on any atom is -0.288 e. The van der Waals surface area contributed by atoms with Crippen LogP contribution in [0.15, 0.2) is 39.6 Å². The maximum atomic E-state index is 6.52. The molecule has 1 aromatic heterocycles. The second kappa shape index (κ2) is 4.84. The van der Waals surface area contributed by atoms with E-state index >= 15 is 0 Å². The number of aromatic nitrogens is 1. The molecule has 0 aliphatic rings. The summed E-state index contributed by atoms with van der Waals surface area (Å²) in [5.74, 6) is 0.571. The van der Waals surface area contributed by atoms with Crippen molar-refractivity contribution >= 4 is 18.5 Å². The highest BCUT2D eigenvalue weighted by molar-refractivity contribution is 5.61. The Labute approximate surface area is 69.4 Å². The molecule has 0 radical (unpaired) electrons. The van der Waals surface area contributed by atoms with E-state index in [9.17, 15) is 0 Å². The smallest absolute Gasteiger partial charge is 0.153 e. The maximum absolute atomic E-state index is 6.52. The van der Waals surface area contributed by atoms with Crippen LogP contribution in [0.25, 0.3) is 0 Å². The van der Waals surface area contributed by atoms with Crippen molar-refractivity contribution < 1.29 is 0 Å². The van der Waals surface area contributed by atoms with Crippen molar-refractivity contribution in [2.24, 2.45) is 15.2 Å². The van der Waals surface area contributed by atoms with E-state index in [1.807, 2.05) is 6.07 Å². The number of hydrogen-bond acceptors (Lipinski definition) is 3. The Kier molecular flexibility index (Phi) is 3.30. The number of nitrogens with one attached hydrogen (secondary N) is 1. The van der Waals surface area contributed by atoms with Crippen molar-refractivity contribution in [3.8, 4) is 0 Å². The largest absolute Gasteiger partial charge is 0.288 e. The van der Waals surface area contributed by atoms with Crippen molar-refractivity contribution in [2.45, 2.75) is 0 Å². The number of pyridine rings is 1. The zero-order valence-corrected chi connectivity index (χ0v) is 6.25. The molecule has 5 heteroatoms. The highest BCUT2D eigenvalue weighted by atomic mass is 15.1. The molecule has 0 amide bonds. The van der Waals surface area contributed by atoms with Gasteiger partial charge in [0.05, 0.1) is 0 Å². The van der Waals surface area contributed by atoms with Crippen molar-refractivity contribution in [2.75, 3.05) is 0 Å². The topological polar surface area (TPSA) is 73.8 Å². The lowest BCUT2D eigenvalue weighted by Crippen LogP contribution is -1.71. The first-order valence-corrected chi connectivity index (χ1v) is 3.26. The summed E-state index contributed by atoms with van der Waals surface area (Å²) in [7, 11) is 0. The number of rotatable bonds is 3. The van der Waals surface area contributed by atoms with Gasteiger partial charge in [0.25, 0.3) is 0 Å². The number of hydrogen-bond donors (Lipinski definition) is 1. The molecule has 0 saturated heterocycles. The summed E-state index contributed by atoms with van der Waals surface area (Å²) in [5.41, 5.74) is 0. The van der Waals surface area contributed by atoms with E-state index < -0.39 is 0 Å². The van der Waals surface area contributed by atoms with Gasteiger partial charge in [-0.15, -0.1) is 10.2 Å². The highest BCUT2D eigenvalue weighted by Gasteiger charge is 1.82. The van der Waals surface area contributed by atoms with Crippen LogP contribution in [-0.4, -0.2) is 17.7 Å². The summed E-state index contributed by atoms with van der Waals surface area (Å²) < 4.78 is 0. The van der Waals surface area contributed by atoms with Crippen LogP contribution in [0.1, 0.15) is 0 Å². The molecule has 0 aromatic carbocycles. The van der Waals surface area contributed by atoms with Gasteiger partial charge in [0.2, 0.25) is 0 Å². The van der Waals surface area contributed by atoms with Crippen LogP contribution in [0.2, 0.25) is 0 Å². The molecule has 0 saturated carbocycles. The van der Waals surface area contributed by atoms with Gasteiger partial charge in [-0.2, -0.15) is 0 Å². The molecule has 1 aromatic rings. The summed E-state index contributed by atoms with van der Waals surface area (Å²) in [5, 5.41) is 13.2. The minimum atomic E-state index is 0.571. The Hall–Kier alpha value is -1.91. The molecule has 0 spiro atoms. The quantitative estimate of drug-likeness (QED) is 0.409. The molecule has 0 aliphatic heterocycles. The molecular weight excluding hydrogens is 154 g/mol. The Morgan fingerprint density at radius 2 is 2.25 bits per heavy atom. The first-order chi connectivity index (χ1) is 5.93. The van der Waals surface area contributed by atoms with Gasteiger partial charge >= 0.3 is 0 Å². The average molecular weight is 161 g/mol. The fourth-order valence-corrected chi connectivity index (χ4v) is 0.578. The lowest BCUT2D eigenvalue weighted by atomic mass is 10.5. The van der Waals surface area contributed by atoms with Crippen molar-refractivity contribution in [3.05, 3.63) is 24.4 Å². The van der Waals surface area contributed by atoms with Crippen LogP contribution < -0.4 is 0 Å². The van der Waals surface area contributed by atoms with Crippen LogP contribution in [-0.2, 0) is 0 Å². The second-order valence-electron chi connectivity index (χ2n) is 1.79. The van der Waals surface area contributed by atoms with Crippen molar-refractivity contribution in [1.82, 2.24) is 4.98 Å². The normalized spacial score (nSPS) is 11.0. The standard InChI is InChI=1S/C7H7N5/c8-5-11-12-6-10-7-3-1-2-4-9-7/h1-6,8H/b8-5?,10-6+,12-11?. The zero-order chi connectivity index (χ0) is 8.65. The lowest BCUT2D eigenvalue weighted by Gasteiger charge is -1.85. The van der Waals surface area contributed by atoms with E-state index in [-0.39, 0.29) is 0 Å². The minimum absolute atomic E-state index is 0.571. The molecule has 5 nitrogen and oxygen atoms in total. The van der Waals surface area contributed by atoms with Crippen molar-refractivity contribution in [3.63, 3.8) is 0 Å². The summed E-state index contributed by atoms with van der Waals surface area (Å²) in [6, 6.07) is 5.38. The first-order valence-electron chi connectivity index (χ1n) is 3.26. The molecule has 0 atom stereocenters. The van der Waals surface area contributed by atoms with Gasteiger partial charge in [0.1, 0.15) is 12.7 Å².